The Morgan fingerprint density at radius 2 is 2.07 bits per heavy atom. The van der Waals surface area contributed by atoms with Crippen LogP contribution in [0.5, 0.6) is 0 Å². The molecule has 0 aromatic heterocycles. The molecule has 86 valence electrons. The van der Waals surface area contributed by atoms with Crippen LogP contribution in [0, 0.1) is 0 Å². The molecule has 1 aliphatic rings. The molecule has 5 nitrogen and oxygen atoms in total. The summed E-state index contributed by atoms with van der Waals surface area (Å²) in [6.45, 7) is 4.28. The van der Waals surface area contributed by atoms with E-state index in [1.54, 1.807) is 0 Å². The zero-order chi connectivity index (χ0) is 11.1. The average Bonchev–Trinajstić information content (AvgIpc) is 2.68. The van der Waals surface area contributed by atoms with Crippen molar-refractivity contribution in [3.63, 3.8) is 0 Å². The van der Waals surface area contributed by atoms with E-state index in [9.17, 15) is 9.59 Å². The Kier molecular flexibility index (Phi) is 5.10. The van der Waals surface area contributed by atoms with Crippen molar-refractivity contribution in [1.29, 1.82) is 0 Å². The van der Waals surface area contributed by atoms with E-state index in [0.717, 1.165) is 19.5 Å². The van der Waals surface area contributed by atoms with Crippen molar-refractivity contribution in [2.45, 2.75) is 32.2 Å². The Balaban J connectivity index is 2.10. The summed E-state index contributed by atoms with van der Waals surface area (Å²) in [5, 5.41) is 8.73. The number of amides is 2. The molecule has 0 spiro atoms. The van der Waals surface area contributed by atoms with Crippen LogP contribution in [0.15, 0.2) is 0 Å². The van der Waals surface area contributed by atoms with Gasteiger partial charge in [-0.25, -0.2) is 0 Å². The summed E-state index contributed by atoms with van der Waals surface area (Å²) in [4.78, 5) is 22.5. The van der Waals surface area contributed by atoms with Crippen molar-refractivity contribution >= 4 is 11.8 Å². The molecule has 1 saturated heterocycles. The largest absolute Gasteiger partial charge is 0.356 e. The van der Waals surface area contributed by atoms with Crippen LogP contribution in [0.2, 0.25) is 0 Å². The van der Waals surface area contributed by atoms with Crippen molar-refractivity contribution < 1.29 is 9.59 Å². The molecule has 0 radical (unpaired) electrons. The van der Waals surface area contributed by atoms with E-state index < -0.39 is 0 Å². The maximum Gasteiger partial charge on any atom is 0.220 e. The molecule has 0 aromatic carbocycles. The molecule has 0 saturated carbocycles. The Morgan fingerprint density at radius 3 is 2.67 bits per heavy atom. The standard InChI is InChI=1S/C10H19N3O2/c1-2-12-9(14)3-4-10(15)13-8-5-6-11-7-8/h8,11H,2-7H2,1H3,(H,12,14)(H,13,15). The number of hydrogen-bond acceptors (Lipinski definition) is 3. The third-order valence-electron chi connectivity index (χ3n) is 2.38. The molecule has 1 rings (SSSR count). The Labute approximate surface area is 90.0 Å². The maximum absolute atomic E-state index is 11.4. The smallest absolute Gasteiger partial charge is 0.220 e. The lowest BCUT2D eigenvalue weighted by Crippen LogP contribution is -2.36. The van der Waals surface area contributed by atoms with E-state index in [-0.39, 0.29) is 30.7 Å². The van der Waals surface area contributed by atoms with Gasteiger partial charge in [-0.3, -0.25) is 9.59 Å². The van der Waals surface area contributed by atoms with Crippen LogP contribution in [0.3, 0.4) is 0 Å². The van der Waals surface area contributed by atoms with E-state index in [1.807, 2.05) is 6.92 Å². The summed E-state index contributed by atoms with van der Waals surface area (Å²) < 4.78 is 0. The first-order chi connectivity index (χ1) is 7.22. The van der Waals surface area contributed by atoms with Crippen molar-refractivity contribution in [3.05, 3.63) is 0 Å². The predicted molar refractivity (Wildman–Crippen MR) is 57.3 cm³/mol. The second-order valence-corrected chi connectivity index (χ2v) is 3.71. The van der Waals surface area contributed by atoms with E-state index in [0.29, 0.717) is 6.54 Å². The molecule has 0 aromatic rings. The summed E-state index contributed by atoms with van der Waals surface area (Å²) in [7, 11) is 0. The van der Waals surface area contributed by atoms with Crippen LogP contribution in [0.4, 0.5) is 0 Å². The molecule has 0 aliphatic carbocycles. The second kappa shape index (κ2) is 6.40. The lowest BCUT2D eigenvalue weighted by molar-refractivity contribution is -0.126. The Morgan fingerprint density at radius 1 is 1.33 bits per heavy atom. The number of rotatable bonds is 5. The monoisotopic (exact) mass is 213 g/mol. The highest BCUT2D eigenvalue weighted by atomic mass is 16.2. The highest BCUT2D eigenvalue weighted by molar-refractivity contribution is 5.83. The van der Waals surface area contributed by atoms with Crippen LogP contribution in [-0.4, -0.2) is 37.5 Å². The molecule has 0 bridgehead atoms. The van der Waals surface area contributed by atoms with Crippen molar-refractivity contribution in [2.75, 3.05) is 19.6 Å². The molecule has 15 heavy (non-hydrogen) atoms. The lowest BCUT2D eigenvalue weighted by atomic mass is 10.2. The topological polar surface area (TPSA) is 70.2 Å². The molecule has 5 heteroatoms. The van der Waals surface area contributed by atoms with Gasteiger partial charge in [0.2, 0.25) is 11.8 Å². The predicted octanol–water partition coefficient (Wildman–Crippen LogP) is -0.619. The van der Waals surface area contributed by atoms with Gasteiger partial charge in [0, 0.05) is 32.0 Å². The quantitative estimate of drug-likeness (QED) is 0.570. The van der Waals surface area contributed by atoms with Crippen LogP contribution < -0.4 is 16.0 Å². The minimum Gasteiger partial charge on any atom is -0.356 e. The van der Waals surface area contributed by atoms with Gasteiger partial charge in [0.15, 0.2) is 0 Å². The normalized spacial score (nSPS) is 19.9. The van der Waals surface area contributed by atoms with E-state index in [2.05, 4.69) is 16.0 Å². The molecule has 2 amide bonds. The van der Waals surface area contributed by atoms with E-state index >= 15 is 0 Å². The summed E-state index contributed by atoms with van der Waals surface area (Å²) in [5.74, 6) is -0.0906. The van der Waals surface area contributed by atoms with Gasteiger partial charge >= 0.3 is 0 Å². The van der Waals surface area contributed by atoms with Gasteiger partial charge in [-0.05, 0) is 19.9 Å². The first kappa shape index (κ1) is 12.0. The van der Waals surface area contributed by atoms with E-state index in [1.165, 1.54) is 0 Å². The number of hydrogen-bond donors (Lipinski definition) is 3. The SMILES string of the molecule is CCNC(=O)CCC(=O)NC1CCNC1. The highest BCUT2D eigenvalue weighted by Gasteiger charge is 2.16. The highest BCUT2D eigenvalue weighted by Crippen LogP contribution is 1.98. The van der Waals surface area contributed by atoms with Crippen molar-refractivity contribution in [3.8, 4) is 0 Å². The summed E-state index contributed by atoms with van der Waals surface area (Å²) >= 11 is 0. The van der Waals surface area contributed by atoms with Crippen LogP contribution in [0.25, 0.3) is 0 Å². The minimum absolute atomic E-state index is 0.0325. The Bertz CT molecular complexity index is 225. The van der Waals surface area contributed by atoms with Gasteiger partial charge in [0.05, 0.1) is 0 Å². The lowest BCUT2D eigenvalue weighted by Gasteiger charge is -2.10. The number of carbonyl (C=O) groups is 2. The fraction of sp³-hybridized carbons (Fsp3) is 0.800. The minimum atomic E-state index is -0.0582. The average molecular weight is 213 g/mol. The van der Waals surface area contributed by atoms with Crippen molar-refractivity contribution in [1.82, 2.24) is 16.0 Å². The first-order valence-corrected chi connectivity index (χ1v) is 5.49. The van der Waals surface area contributed by atoms with E-state index in [4.69, 9.17) is 0 Å². The second-order valence-electron chi connectivity index (χ2n) is 3.71. The van der Waals surface area contributed by atoms with Gasteiger partial charge in [-0.2, -0.15) is 0 Å². The molecular formula is C10H19N3O2. The van der Waals surface area contributed by atoms with Crippen LogP contribution in [-0.2, 0) is 9.59 Å². The Hall–Kier alpha value is -1.10. The summed E-state index contributed by atoms with van der Waals surface area (Å²) in [6.07, 6.45) is 1.54. The van der Waals surface area contributed by atoms with Crippen molar-refractivity contribution in [2.24, 2.45) is 0 Å². The molecular weight excluding hydrogens is 194 g/mol. The number of nitrogens with one attached hydrogen (secondary N) is 3. The third-order valence-corrected chi connectivity index (χ3v) is 2.38. The fourth-order valence-corrected chi connectivity index (χ4v) is 1.59. The molecule has 3 N–H and O–H groups in total. The van der Waals surface area contributed by atoms with Gasteiger partial charge in [-0.1, -0.05) is 0 Å². The zero-order valence-corrected chi connectivity index (χ0v) is 9.14. The number of carbonyl (C=O) groups excluding carboxylic acids is 2. The molecule has 1 aliphatic heterocycles. The third kappa shape index (κ3) is 4.78. The molecule has 1 atom stereocenters. The van der Waals surface area contributed by atoms with Gasteiger partial charge < -0.3 is 16.0 Å². The summed E-state index contributed by atoms with van der Waals surface area (Å²) in [5.41, 5.74) is 0. The van der Waals surface area contributed by atoms with Crippen LogP contribution >= 0.6 is 0 Å². The first-order valence-electron chi connectivity index (χ1n) is 5.49. The summed E-state index contributed by atoms with van der Waals surface area (Å²) in [6, 6.07) is 0.242. The van der Waals surface area contributed by atoms with Crippen LogP contribution in [0.1, 0.15) is 26.2 Å². The maximum atomic E-state index is 11.4. The van der Waals surface area contributed by atoms with Gasteiger partial charge in [-0.15, -0.1) is 0 Å². The molecule has 1 heterocycles. The van der Waals surface area contributed by atoms with Gasteiger partial charge in [0.25, 0.3) is 0 Å². The molecule has 1 fully saturated rings. The van der Waals surface area contributed by atoms with Gasteiger partial charge in [0.1, 0.15) is 0 Å². The fourth-order valence-electron chi connectivity index (χ4n) is 1.59. The molecule has 1 unspecified atom stereocenters. The zero-order valence-electron chi connectivity index (χ0n) is 9.14.